The van der Waals surface area contributed by atoms with Crippen molar-refractivity contribution in [2.24, 2.45) is 0 Å². The third-order valence-corrected chi connectivity index (χ3v) is 7.24. The van der Waals surface area contributed by atoms with Crippen molar-refractivity contribution in [3.63, 3.8) is 0 Å². The molecule has 2 aliphatic rings. The van der Waals surface area contributed by atoms with Crippen molar-refractivity contribution >= 4 is 27.5 Å². The van der Waals surface area contributed by atoms with Crippen LogP contribution in [0.2, 0.25) is 5.02 Å². The summed E-state index contributed by atoms with van der Waals surface area (Å²) in [7, 11) is -3.55. The second-order valence-electron chi connectivity index (χ2n) is 6.81. The third-order valence-electron chi connectivity index (χ3n) is 5.01. The number of sulfonamides is 1. The highest BCUT2D eigenvalue weighted by molar-refractivity contribution is 7.89. The molecule has 2 heterocycles. The molecule has 5 nitrogen and oxygen atoms in total. The summed E-state index contributed by atoms with van der Waals surface area (Å²) in [6, 6.07) is 4.49. The van der Waals surface area contributed by atoms with E-state index in [4.69, 9.17) is 11.6 Å². The van der Waals surface area contributed by atoms with Gasteiger partial charge in [-0.05, 0) is 43.9 Å². The summed E-state index contributed by atoms with van der Waals surface area (Å²) in [5.74, 6) is -0.162. The largest absolute Gasteiger partial charge is 0.339 e. The molecule has 0 N–H and O–H groups in total. The van der Waals surface area contributed by atoms with Crippen molar-refractivity contribution in [1.82, 2.24) is 9.21 Å². The topological polar surface area (TPSA) is 57.7 Å². The van der Waals surface area contributed by atoms with Crippen molar-refractivity contribution in [2.45, 2.75) is 49.8 Å². The van der Waals surface area contributed by atoms with E-state index in [2.05, 4.69) is 0 Å². The van der Waals surface area contributed by atoms with Crippen molar-refractivity contribution < 1.29 is 13.2 Å². The van der Waals surface area contributed by atoms with E-state index in [1.807, 2.05) is 4.90 Å². The van der Waals surface area contributed by atoms with Crippen molar-refractivity contribution in [1.29, 1.82) is 0 Å². The molecule has 0 radical (unpaired) electrons. The maximum absolute atomic E-state index is 12.9. The van der Waals surface area contributed by atoms with Crippen LogP contribution in [0.4, 0.5) is 0 Å². The van der Waals surface area contributed by atoms with Gasteiger partial charge in [-0.1, -0.05) is 30.9 Å². The molecular formula is C18H25ClN2O3S. The first-order valence-corrected chi connectivity index (χ1v) is 10.9. The van der Waals surface area contributed by atoms with Crippen LogP contribution in [0.1, 0.15) is 55.3 Å². The van der Waals surface area contributed by atoms with Crippen LogP contribution in [0.5, 0.6) is 0 Å². The Bertz CT molecular complexity index is 722. The van der Waals surface area contributed by atoms with Crippen LogP contribution < -0.4 is 0 Å². The van der Waals surface area contributed by atoms with E-state index in [0.717, 1.165) is 38.5 Å². The molecular weight excluding hydrogens is 360 g/mol. The number of hydrogen-bond donors (Lipinski definition) is 0. The minimum Gasteiger partial charge on any atom is -0.339 e. The molecule has 1 amide bonds. The van der Waals surface area contributed by atoms with Crippen molar-refractivity contribution in [2.75, 3.05) is 26.2 Å². The first-order valence-electron chi connectivity index (χ1n) is 9.09. The van der Waals surface area contributed by atoms with Gasteiger partial charge in [-0.2, -0.15) is 4.31 Å². The fourth-order valence-electron chi connectivity index (χ4n) is 3.53. The van der Waals surface area contributed by atoms with Crippen molar-refractivity contribution in [3.05, 3.63) is 28.8 Å². The van der Waals surface area contributed by atoms with Gasteiger partial charge in [0.2, 0.25) is 10.0 Å². The standard InChI is InChI=1S/C18H25ClN2O3S/c19-17-9-8-15(25(23,24)21-12-6-7-13-21)14-16(17)18(22)20-10-4-2-1-3-5-11-20/h8-9,14H,1-7,10-13H2. The lowest BCUT2D eigenvalue weighted by atomic mass is 10.1. The molecule has 0 unspecified atom stereocenters. The highest BCUT2D eigenvalue weighted by atomic mass is 35.5. The van der Waals surface area contributed by atoms with Gasteiger partial charge in [0, 0.05) is 26.2 Å². The lowest BCUT2D eigenvalue weighted by molar-refractivity contribution is 0.0742. The molecule has 0 bridgehead atoms. The van der Waals surface area contributed by atoms with E-state index < -0.39 is 10.0 Å². The predicted octanol–water partition coefficient (Wildman–Crippen LogP) is 3.53. The van der Waals surface area contributed by atoms with Crippen LogP contribution >= 0.6 is 11.6 Å². The number of likely N-dealkylation sites (tertiary alicyclic amines) is 1. The quantitative estimate of drug-likeness (QED) is 0.800. The number of rotatable bonds is 3. The van der Waals surface area contributed by atoms with Gasteiger partial charge in [0.15, 0.2) is 0 Å². The average molecular weight is 385 g/mol. The SMILES string of the molecule is O=C(c1cc(S(=O)(=O)N2CCCC2)ccc1Cl)N1CCCCCCC1. The molecule has 2 saturated heterocycles. The Morgan fingerprint density at radius 3 is 2.08 bits per heavy atom. The molecule has 2 aliphatic heterocycles. The number of carbonyl (C=O) groups excluding carboxylic acids is 1. The van der Waals surface area contributed by atoms with E-state index >= 15 is 0 Å². The highest BCUT2D eigenvalue weighted by Crippen LogP contribution is 2.26. The zero-order valence-corrected chi connectivity index (χ0v) is 16.0. The molecule has 0 spiro atoms. The maximum atomic E-state index is 12.9. The number of hydrogen-bond acceptors (Lipinski definition) is 3. The number of carbonyl (C=O) groups is 1. The Labute approximate surface area is 155 Å². The molecule has 0 atom stereocenters. The average Bonchev–Trinajstić information content (AvgIpc) is 3.09. The van der Waals surface area contributed by atoms with Gasteiger partial charge >= 0.3 is 0 Å². The summed E-state index contributed by atoms with van der Waals surface area (Å²) in [6.07, 6.45) is 7.19. The van der Waals surface area contributed by atoms with Crippen LogP contribution in [0.3, 0.4) is 0 Å². The number of amides is 1. The number of halogens is 1. The lowest BCUT2D eigenvalue weighted by Gasteiger charge is -2.25. The first-order chi connectivity index (χ1) is 12.0. The van der Waals surface area contributed by atoms with Gasteiger partial charge in [-0.25, -0.2) is 8.42 Å². The summed E-state index contributed by atoms with van der Waals surface area (Å²) in [4.78, 5) is 14.9. The Morgan fingerprint density at radius 1 is 0.880 bits per heavy atom. The molecule has 1 aromatic carbocycles. The molecule has 2 fully saturated rings. The Kier molecular flexibility index (Phi) is 6.02. The van der Waals surface area contributed by atoms with Crippen LogP contribution in [-0.4, -0.2) is 49.7 Å². The molecule has 1 aromatic rings. The second kappa shape index (κ2) is 8.06. The normalized spacial score (nSPS) is 20.3. The van der Waals surface area contributed by atoms with E-state index in [1.54, 1.807) is 0 Å². The molecule has 0 aromatic heterocycles. The van der Waals surface area contributed by atoms with E-state index in [-0.39, 0.29) is 10.8 Å². The fraction of sp³-hybridized carbons (Fsp3) is 0.611. The van der Waals surface area contributed by atoms with Gasteiger partial charge in [-0.15, -0.1) is 0 Å². The lowest BCUT2D eigenvalue weighted by Crippen LogP contribution is -2.34. The predicted molar refractivity (Wildman–Crippen MR) is 98.4 cm³/mol. The Morgan fingerprint density at radius 2 is 1.44 bits per heavy atom. The molecule has 138 valence electrons. The molecule has 0 saturated carbocycles. The van der Waals surface area contributed by atoms with E-state index in [0.29, 0.717) is 36.8 Å². The fourth-order valence-corrected chi connectivity index (χ4v) is 5.27. The van der Waals surface area contributed by atoms with E-state index in [1.165, 1.54) is 28.9 Å². The minimum absolute atomic E-state index is 0.161. The maximum Gasteiger partial charge on any atom is 0.255 e. The zero-order valence-electron chi connectivity index (χ0n) is 14.4. The van der Waals surface area contributed by atoms with Crippen LogP contribution in [0.25, 0.3) is 0 Å². The highest BCUT2D eigenvalue weighted by Gasteiger charge is 2.29. The second-order valence-corrected chi connectivity index (χ2v) is 9.16. The Hall–Kier alpha value is -1.11. The van der Waals surface area contributed by atoms with E-state index in [9.17, 15) is 13.2 Å². The van der Waals surface area contributed by atoms with Crippen LogP contribution in [0, 0.1) is 0 Å². The summed E-state index contributed by atoms with van der Waals surface area (Å²) in [5, 5.41) is 0.312. The first kappa shape index (κ1) is 18.7. The van der Waals surface area contributed by atoms with Gasteiger partial charge in [0.1, 0.15) is 0 Å². The zero-order chi connectivity index (χ0) is 17.9. The summed E-state index contributed by atoms with van der Waals surface area (Å²) < 4.78 is 27.0. The summed E-state index contributed by atoms with van der Waals surface area (Å²) >= 11 is 6.24. The third kappa shape index (κ3) is 4.18. The van der Waals surface area contributed by atoms with Gasteiger partial charge in [0.05, 0.1) is 15.5 Å². The Balaban J connectivity index is 1.87. The van der Waals surface area contributed by atoms with Gasteiger partial charge in [0.25, 0.3) is 5.91 Å². The summed E-state index contributed by atoms with van der Waals surface area (Å²) in [5.41, 5.74) is 0.294. The molecule has 3 rings (SSSR count). The smallest absolute Gasteiger partial charge is 0.255 e. The van der Waals surface area contributed by atoms with Crippen LogP contribution in [0.15, 0.2) is 23.1 Å². The van der Waals surface area contributed by atoms with Crippen LogP contribution in [-0.2, 0) is 10.0 Å². The minimum atomic E-state index is -3.55. The monoisotopic (exact) mass is 384 g/mol. The molecule has 0 aliphatic carbocycles. The van der Waals surface area contributed by atoms with Crippen molar-refractivity contribution in [3.8, 4) is 0 Å². The summed E-state index contributed by atoms with van der Waals surface area (Å²) in [6.45, 7) is 2.50. The van der Waals surface area contributed by atoms with Gasteiger partial charge < -0.3 is 4.90 Å². The number of benzene rings is 1. The van der Waals surface area contributed by atoms with Gasteiger partial charge in [-0.3, -0.25) is 4.79 Å². The number of nitrogens with zero attached hydrogens (tertiary/aromatic N) is 2. The molecule has 7 heteroatoms. The molecule has 25 heavy (non-hydrogen) atoms.